The Morgan fingerprint density at radius 2 is 1.58 bits per heavy atom. The summed E-state index contributed by atoms with van der Waals surface area (Å²) in [4.78, 5) is 1.28. The normalized spacial score (nSPS) is 12.4. The summed E-state index contributed by atoms with van der Waals surface area (Å²) in [6.45, 7) is 6.44. The molecule has 2 aromatic rings. The average molecular weight is 271 g/mol. The van der Waals surface area contributed by atoms with E-state index in [0.29, 0.717) is 0 Å². The first-order valence-electron chi connectivity index (χ1n) is 6.59. The zero-order chi connectivity index (χ0) is 13.8. The van der Waals surface area contributed by atoms with E-state index < -0.39 is 0 Å². The van der Waals surface area contributed by atoms with Crippen molar-refractivity contribution in [3.63, 3.8) is 0 Å². The van der Waals surface area contributed by atoms with E-state index in [1.165, 1.54) is 27.1 Å². The fraction of sp³-hybridized carbons (Fsp3) is 0.294. The van der Waals surface area contributed by atoms with Gasteiger partial charge in [-0.3, -0.25) is 0 Å². The van der Waals surface area contributed by atoms with Gasteiger partial charge in [-0.05, 0) is 55.2 Å². The van der Waals surface area contributed by atoms with Gasteiger partial charge in [-0.15, -0.1) is 11.8 Å². The van der Waals surface area contributed by atoms with E-state index in [1.54, 1.807) is 0 Å². The maximum Gasteiger partial charge on any atom is 0.0393 e. The van der Waals surface area contributed by atoms with E-state index >= 15 is 0 Å². The highest BCUT2D eigenvalue weighted by atomic mass is 32.2. The maximum atomic E-state index is 6.34. The van der Waals surface area contributed by atoms with Crippen LogP contribution in [0.1, 0.15) is 28.3 Å². The summed E-state index contributed by atoms with van der Waals surface area (Å²) >= 11 is 1.82. The minimum atomic E-state index is 0.0875. The second-order valence-electron chi connectivity index (χ2n) is 5.02. The minimum Gasteiger partial charge on any atom is -0.323 e. The molecule has 0 spiro atoms. The highest BCUT2D eigenvalue weighted by Gasteiger charge is 2.11. The lowest BCUT2D eigenvalue weighted by molar-refractivity contribution is 0.820. The molecule has 0 bridgehead atoms. The Bertz CT molecular complexity index is 549. The van der Waals surface area contributed by atoms with Crippen LogP contribution in [0.5, 0.6) is 0 Å². The lowest BCUT2D eigenvalue weighted by Gasteiger charge is -2.16. The van der Waals surface area contributed by atoms with Crippen molar-refractivity contribution >= 4 is 11.8 Å². The molecule has 2 rings (SSSR count). The monoisotopic (exact) mass is 271 g/mol. The van der Waals surface area contributed by atoms with Gasteiger partial charge in [-0.1, -0.05) is 30.3 Å². The molecule has 0 aliphatic rings. The number of hydrogen-bond donors (Lipinski definition) is 1. The van der Waals surface area contributed by atoms with E-state index in [2.05, 4.69) is 57.2 Å². The molecule has 0 aromatic heterocycles. The van der Waals surface area contributed by atoms with Gasteiger partial charge >= 0.3 is 0 Å². The van der Waals surface area contributed by atoms with Gasteiger partial charge in [0.25, 0.3) is 0 Å². The first-order valence-corrected chi connectivity index (χ1v) is 7.57. The van der Waals surface area contributed by atoms with Crippen LogP contribution in [0, 0.1) is 20.8 Å². The number of rotatable bonds is 4. The molecule has 0 aliphatic carbocycles. The predicted octanol–water partition coefficient (Wildman–Crippen LogP) is 4.40. The molecule has 1 unspecified atom stereocenters. The molecule has 0 saturated heterocycles. The second-order valence-corrected chi connectivity index (χ2v) is 6.12. The second kappa shape index (κ2) is 6.27. The zero-order valence-electron chi connectivity index (χ0n) is 11.8. The lowest BCUT2D eigenvalue weighted by Crippen LogP contribution is -2.14. The molecule has 100 valence electrons. The topological polar surface area (TPSA) is 26.0 Å². The van der Waals surface area contributed by atoms with Crippen molar-refractivity contribution in [1.29, 1.82) is 0 Å². The first kappa shape index (κ1) is 14.2. The highest BCUT2D eigenvalue weighted by molar-refractivity contribution is 7.99. The van der Waals surface area contributed by atoms with Gasteiger partial charge in [-0.25, -0.2) is 0 Å². The van der Waals surface area contributed by atoms with Crippen LogP contribution >= 0.6 is 11.8 Å². The Kier molecular flexibility index (Phi) is 4.67. The van der Waals surface area contributed by atoms with Gasteiger partial charge < -0.3 is 5.73 Å². The van der Waals surface area contributed by atoms with Crippen LogP contribution in [0.2, 0.25) is 0 Å². The third kappa shape index (κ3) is 3.62. The van der Waals surface area contributed by atoms with Gasteiger partial charge in [0.2, 0.25) is 0 Å². The van der Waals surface area contributed by atoms with E-state index in [0.717, 1.165) is 5.75 Å². The summed E-state index contributed by atoms with van der Waals surface area (Å²) in [5.41, 5.74) is 11.6. The molecule has 0 radical (unpaired) electrons. The zero-order valence-corrected chi connectivity index (χ0v) is 12.6. The van der Waals surface area contributed by atoms with Crippen molar-refractivity contribution in [1.82, 2.24) is 0 Å². The lowest BCUT2D eigenvalue weighted by atomic mass is 9.97. The number of benzene rings is 2. The third-order valence-electron chi connectivity index (χ3n) is 3.45. The first-order chi connectivity index (χ1) is 9.08. The predicted molar refractivity (Wildman–Crippen MR) is 84.7 cm³/mol. The maximum absolute atomic E-state index is 6.34. The standard InChI is InChI=1S/C17H21NS/c1-12-9-14(3)16(10-13(12)2)17(18)11-19-15-7-5-4-6-8-15/h4-10,17H,11,18H2,1-3H3. The molecule has 0 saturated carbocycles. The largest absolute Gasteiger partial charge is 0.323 e. The molecule has 0 heterocycles. The molecule has 2 aromatic carbocycles. The molecular weight excluding hydrogens is 250 g/mol. The highest BCUT2D eigenvalue weighted by Crippen LogP contribution is 2.26. The Morgan fingerprint density at radius 1 is 0.947 bits per heavy atom. The Morgan fingerprint density at radius 3 is 2.26 bits per heavy atom. The molecule has 2 heteroatoms. The number of thioether (sulfide) groups is 1. The Hall–Kier alpha value is -1.25. The van der Waals surface area contributed by atoms with Crippen LogP contribution in [-0.4, -0.2) is 5.75 Å². The van der Waals surface area contributed by atoms with Crippen LogP contribution < -0.4 is 5.73 Å². The number of hydrogen-bond acceptors (Lipinski definition) is 2. The molecule has 0 aliphatic heterocycles. The van der Waals surface area contributed by atoms with Gasteiger partial charge in [0.1, 0.15) is 0 Å². The van der Waals surface area contributed by atoms with Gasteiger partial charge in [0, 0.05) is 16.7 Å². The molecule has 0 amide bonds. The van der Waals surface area contributed by atoms with E-state index in [4.69, 9.17) is 5.73 Å². The third-order valence-corrected chi connectivity index (χ3v) is 4.59. The van der Waals surface area contributed by atoms with Crippen molar-refractivity contribution in [3.8, 4) is 0 Å². The summed E-state index contributed by atoms with van der Waals surface area (Å²) < 4.78 is 0. The summed E-state index contributed by atoms with van der Waals surface area (Å²) in [5, 5.41) is 0. The SMILES string of the molecule is Cc1cc(C)c(C(N)CSc2ccccc2)cc1C. The van der Waals surface area contributed by atoms with E-state index in [1.807, 2.05) is 17.8 Å². The smallest absolute Gasteiger partial charge is 0.0393 e. The summed E-state index contributed by atoms with van der Waals surface area (Å²) in [7, 11) is 0. The average Bonchev–Trinajstić information content (AvgIpc) is 2.41. The van der Waals surface area contributed by atoms with E-state index in [9.17, 15) is 0 Å². The van der Waals surface area contributed by atoms with Crippen molar-refractivity contribution in [2.75, 3.05) is 5.75 Å². The molecule has 2 N–H and O–H groups in total. The van der Waals surface area contributed by atoms with Gasteiger partial charge in [-0.2, -0.15) is 0 Å². The Labute approximate surface area is 120 Å². The van der Waals surface area contributed by atoms with E-state index in [-0.39, 0.29) is 6.04 Å². The fourth-order valence-corrected chi connectivity index (χ4v) is 3.08. The number of nitrogens with two attached hydrogens (primary N) is 1. The summed E-state index contributed by atoms with van der Waals surface area (Å²) in [5.74, 6) is 0.910. The molecule has 1 atom stereocenters. The fourth-order valence-electron chi connectivity index (χ4n) is 2.17. The van der Waals surface area contributed by atoms with Crippen LogP contribution in [-0.2, 0) is 0 Å². The van der Waals surface area contributed by atoms with Crippen molar-refractivity contribution in [2.24, 2.45) is 5.73 Å². The molecule has 0 fully saturated rings. The van der Waals surface area contributed by atoms with Crippen molar-refractivity contribution in [2.45, 2.75) is 31.7 Å². The quantitative estimate of drug-likeness (QED) is 0.834. The van der Waals surface area contributed by atoms with Crippen LogP contribution in [0.4, 0.5) is 0 Å². The van der Waals surface area contributed by atoms with Crippen LogP contribution in [0.3, 0.4) is 0 Å². The number of aryl methyl sites for hydroxylation is 3. The Balaban J connectivity index is 2.08. The van der Waals surface area contributed by atoms with Crippen LogP contribution in [0.15, 0.2) is 47.4 Å². The van der Waals surface area contributed by atoms with Crippen LogP contribution in [0.25, 0.3) is 0 Å². The van der Waals surface area contributed by atoms with Gasteiger partial charge in [0.15, 0.2) is 0 Å². The summed E-state index contributed by atoms with van der Waals surface area (Å²) in [6, 6.07) is 15.0. The van der Waals surface area contributed by atoms with Crippen molar-refractivity contribution in [3.05, 3.63) is 64.7 Å². The van der Waals surface area contributed by atoms with Gasteiger partial charge in [0.05, 0.1) is 0 Å². The minimum absolute atomic E-state index is 0.0875. The molecule has 1 nitrogen and oxygen atoms in total. The van der Waals surface area contributed by atoms with Crippen molar-refractivity contribution < 1.29 is 0 Å². The summed E-state index contributed by atoms with van der Waals surface area (Å²) in [6.07, 6.45) is 0. The molecule has 19 heavy (non-hydrogen) atoms. The molecular formula is C17H21NS.